The fraction of sp³-hybridized carbons (Fsp3) is 0.417. The van der Waals surface area contributed by atoms with Crippen molar-refractivity contribution in [3.8, 4) is 0 Å². The molecule has 0 radical (unpaired) electrons. The largest absolute Gasteiger partial charge is 0.447 e. The third kappa shape index (κ3) is 3.45. The fourth-order valence-corrected chi connectivity index (χ4v) is 3.10. The van der Waals surface area contributed by atoms with Gasteiger partial charge in [0.05, 0.1) is 12.6 Å². The first-order valence-electron chi connectivity index (χ1n) is 6.10. The highest BCUT2D eigenvalue weighted by molar-refractivity contribution is 7.89. The van der Waals surface area contributed by atoms with Crippen LogP contribution >= 0.6 is 11.3 Å². The minimum atomic E-state index is -3.52. The first-order valence-corrected chi connectivity index (χ1v) is 8.46. The monoisotopic (exact) mass is 315 g/mol. The summed E-state index contributed by atoms with van der Waals surface area (Å²) >= 11 is 1.60. The molecule has 2 heterocycles. The van der Waals surface area contributed by atoms with Gasteiger partial charge in [0.15, 0.2) is 0 Å². The quantitative estimate of drug-likeness (QED) is 0.849. The van der Waals surface area contributed by atoms with Crippen LogP contribution in [0.1, 0.15) is 29.4 Å². The Bertz CT molecular complexity index is 676. The lowest BCUT2D eigenvalue weighted by Gasteiger charge is -2.09. The van der Waals surface area contributed by atoms with Crippen molar-refractivity contribution in [1.29, 1.82) is 0 Å². The number of sulfonamides is 1. The molecule has 0 aromatic carbocycles. The molecule has 0 saturated heterocycles. The van der Waals surface area contributed by atoms with Crippen LogP contribution in [0.2, 0.25) is 0 Å². The number of aromatic nitrogens is 1. The van der Waals surface area contributed by atoms with Crippen LogP contribution in [0.25, 0.3) is 0 Å². The second-order valence-corrected chi connectivity index (χ2v) is 7.07. The first kappa shape index (κ1) is 15.2. The van der Waals surface area contributed by atoms with E-state index >= 15 is 0 Å². The van der Waals surface area contributed by atoms with Crippen LogP contribution in [-0.2, 0) is 16.6 Å². The SMILES string of the molecule is CNS(=O)(=O)c1ccc(CNC(C)c2nc(C)cs2)o1. The van der Waals surface area contributed by atoms with E-state index < -0.39 is 10.0 Å². The molecule has 1 atom stereocenters. The van der Waals surface area contributed by atoms with Gasteiger partial charge in [0.1, 0.15) is 10.8 Å². The lowest BCUT2D eigenvalue weighted by molar-refractivity contribution is 0.392. The smallest absolute Gasteiger partial charge is 0.273 e. The third-order valence-corrected chi connectivity index (χ3v) is 5.19. The van der Waals surface area contributed by atoms with E-state index in [1.165, 1.54) is 13.1 Å². The maximum Gasteiger partial charge on any atom is 0.273 e. The normalized spacial score (nSPS) is 13.6. The Morgan fingerprint density at radius 1 is 1.45 bits per heavy atom. The predicted octanol–water partition coefficient (Wildman–Crippen LogP) is 1.80. The number of thiazole rings is 1. The highest BCUT2D eigenvalue weighted by Gasteiger charge is 2.17. The highest BCUT2D eigenvalue weighted by Crippen LogP contribution is 2.19. The third-order valence-electron chi connectivity index (χ3n) is 2.76. The number of rotatable bonds is 6. The van der Waals surface area contributed by atoms with E-state index in [-0.39, 0.29) is 11.1 Å². The van der Waals surface area contributed by atoms with Gasteiger partial charge in [-0.1, -0.05) is 0 Å². The summed E-state index contributed by atoms with van der Waals surface area (Å²) in [5.74, 6) is 0.568. The minimum Gasteiger partial charge on any atom is -0.447 e. The van der Waals surface area contributed by atoms with E-state index in [0.717, 1.165) is 10.7 Å². The van der Waals surface area contributed by atoms with Gasteiger partial charge in [-0.25, -0.2) is 18.1 Å². The van der Waals surface area contributed by atoms with Gasteiger partial charge in [-0.3, -0.25) is 0 Å². The highest BCUT2D eigenvalue weighted by atomic mass is 32.2. The number of hydrogen-bond acceptors (Lipinski definition) is 6. The predicted molar refractivity (Wildman–Crippen MR) is 77.1 cm³/mol. The summed E-state index contributed by atoms with van der Waals surface area (Å²) in [7, 11) is -2.17. The average Bonchev–Trinajstić information content (AvgIpc) is 3.05. The molecular formula is C12H17N3O3S2. The van der Waals surface area contributed by atoms with Gasteiger partial charge in [-0.15, -0.1) is 11.3 Å². The molecule has 6 nitrogen and oxygen atoms in total. The summed E-state index contributed by atoms with van der Waals surface area (Å²) in [5.41, 5.74) is 0.999. The van der Waals surface area contributed by atoms with Gasteiger partial charge >= 0.3 is 0 Å². The van der Waals surface area contributed by atoms with Crippen LogP contribution in [0.3, 0.4) is 0 Å². The van der Waals surface area contributed by atoms with Crippen molar-refractivity contribution in [3.05, 3.63) is 34.0 Å². The van der Waals surface area contributed by atoms with E-state index in [9.17, 15) is 8.42 Å². The van der Waals surface area contributed by atoms with Gasteiger partial charge in [0.25, 0.3) is 10.0 Å². The molecule has 0 fully saturated rings. The van der Waals surface area contributed by atoms with Gasteiger partial charge in [-0.2, -0.15) is 0 Å². The molecule has 0 aliphatic rings. The van der Waals surface area contributed by atoms with Crippen molar-refractivity contribution in [3.63, 3.8) is 0 Å². The van der Waals surface area contributed by atoms with E-state index in [1.807, 2.05) is 19.2 Å². The Labute approximate surface area is 122 Å². The summed E-state index contributed by atoms with van der Waals surface area (Å²) in [6, 6.07) is 3.18. The Hall–Kier alpha value is -1.22. The van der Waals surface area contributed by atoms with Crippen LogP contribution in [-0.4, -0.2) is 20.4 Å². The lowest BCUT2D eigenvalue weighted by atomic mass is 10.3. The number of furan rings is 1. The second-order valence-electron chi connectivity index (χ2n) is 4.36. The molecule has 20 heavy (non-hydrogen) atoms. The summed E-state index contributed by atoms with van der Waals surface area (Å²) in [4.78, 5) is 4.40. The molecule has 0 amide bonds. The molecule has 2 aromatic heterocycles. The summed E-state index contributed by atoms with van der Waals surface area (Å²) in [6.07, 6.45) is 0. The molecule has 110 valence electrons. The summed E-state index contributed by atoms with van der Waals surface area (Å²) < 4.78 is 30.6. The number of nitrogens with one attached hydrogen (secondary N) is 2. The van der Waals surface area contributed by atoms with Gasteiger partial charge in [-0.05, 0) is 33.0 Å². The summed E-state index contributed by atoms with van der Waals surface area (Å²) in [6.45, 7) is 4.40. The van der Waals surface area contributed by atoms with E-state index in [1.54, 1.807) is 17.4 Å². The van der Waals surface area contributed by atoms with Crippen LogP contribution in [0.4, 0.5) is 0 Å². The molecule has 0 aliphatic heterocycles. The Balaban J connectivity index is 1.98. The van der Waals surface area contributed by atoms with Gasteiger partial charge in [0, 0.05) is 11.1 Å². The molecule has 0 spiro atoms. The van der Waals surface area contributed by atoms with Crippen molar-refractivity contribution >= 4 is 21.4 Å². The number of nitrogens with zero attached hydrogens (tertiary/aromatic N) is 1. The molecule has 0 bridgehead atoms. The first-order chi connectivity index (χ1) is 9.42. The number of aryl methyl sites for hydroxylation is 1. The van der Waals surface area contributed by atoms with Crippen molar-refractivity contribution in [2.45, 2.75) is 31.5 Å². The Kier molecular flexibility index (Phi) is 4.59. The summed E-state index contributed by atoms with van der Waals surface area (Å²) in [5, 5.41) is 6.17. The fourth-order valence-electron chi connectivity index (χ4n) is 1.61. The zero-order valence-electron chi connectivity index (χ0n) is 11.5. The maximum absolute atomic E-state index is 11.5. The molecule has 0 aliphatic carbocycles. The zero-order chi connectivity index (χ0) is 14.8. The average molecular weight is 315 g/mol. The van der Waals surface area contributed by atoms with Crippen molar-refractivity contribution in [2.75, 3.05) is 7.05 Å². The molecule has 2 N–H and O–H groups in total. The molecule has 2 rings (SSSR count). The zero-order valence-corrected chi connectivity index (χ0v) is 13.1. The van der Waals surface area contributed by atoms with Gasteiger partial charge in [0.2, 0.25) is 5.09 Å². The van der Waals surface area contributed by atoms with Crippen molar-refractivity contribution < 1.29 is 12.8 Å². The maximum atomic E-state index is 11.5. The lowest BCUT2D eigenvalue weighted by Crippen LogP contribution is -2.18. The van der Waals surface area contributed by atoms with Gasteiger partial charge < -0.3 is 9.73 Å². The van der Waals surface area contributed by atoms with E-state index in [4.69, 9.17) is 4.42 Å². The number of hydrogen-bond donors (Lipinski definition) is 2. The topological polar surface area (TPSA) is 84.2 Å². The van der Waals surface area contributed by atoms with Crippen LogP contribution in [0.15, 0.2) is 27.0 Å². The minimum absolute atomic E-state index is 0.0745. The molecular weight excluding hydrogens is 298 g/mol. The molecule has 2 aromatic rings. The standard InChI is InChI=1S/C12H17N3O3S2/c1-8-7-19-12(15-8)9(2)14-6-10-4-5-11(18-10)20(16,17)13-3/h4-5,7,9,13-14H,6H2,1-3H3. The second kappa shape index (κ2) is 6.04. The van der Waals surface area contributed by atoms with E-state index in [2.05, 4.69) is 15.0 Å². The molecule has 8 heteroatoms. The Morgan fingerprint density at radius 3 is 2.80 bits per heavy atom. The van der Waals surface area contributed by atoms with E-state index in [0.29, 0.717) is 12.3 Å². The van der Waals surface area contributed by atoms with Crippen molar-refractivity contribution in [1.82, 2.24) is 15.0 Å². The van der Waals surface area contributed by atoms with Crippen LogP contribution in [0.5, 0.6) is 0 Å². The van der Waals surface area contributed by atoms with Crippen LogP contribution < -0.4 is 10.0 Å². The van der Waals surface area contributed by atoms with Crippen molar-refractivity contribution in [2.24, 2.45) is 0 Å². The molecule has 0 saturated carbocycles. The Morgan fingerprint density at radius 2 is 2.20 bits per heavy atom. The van der Waals surface area contributed by atoms with Crippen LogP contribution in [0, 0.1) is 6.92 Å². The molecule has 1 unspecified atom stereocenters.